The maximum absolute atomic E-state index is 12.9. The Kier molecular flexibility index (Phi) is 5.65. The van der Waals surface area contributed by atoms with E-state index in [2.05, 4.69) is 5.32 Å². The average Bonchev–Trinajstić information content (AvgIpc) is 2.67. The van der Waals surface area contributed by atoms with Crippen LogP contribution in [0.2, 0.25) is 5.02 Å². The van der Waals surface area contributed by atoms with E-state index in [1.807, 2.05) is 0 Å². The Balaban J connectivity index is 2.04. The number of rotatable bonds is 5. The molecular weight excluding hydrogens is 400 g/mol. The minimum absolute atomic E-state index is 0.119. The molecule has 1 aliphatic rings. The molecule has 0 aliphatic carbocycles. The molecule has 9 heteroatoms. The molecule has 0 aromatic heterocycles. The highest BCUT2D eigenvalue weighted by atomic mass is 35.5. The van der Waals surface area contributed by atoms with Gasteiger partial charge < -0.3 is 9.84 Å². The van der Waals surface area contributed by atoms with Crippen LogP contribution in [0, 0.1) is 0 Å². The quantitative estimate of drug-likeness (QED) is 0.574. The lowest BCUT2D eigenvalue weighted by Gasteiger charge is -2.27. The number of benzene rings is 2. The van der Waals surface area contributed by atoms with Gasteiger partial charge in [0.25, 0.3) is 11.8 Å². The molecule has 1 heterocycles. The first-order valence-corrected chi connectivity index (χ1v) is 8.87. The number of anilines is 1. The van der Waals surface area contributed by atoms with Gasteiger partial charge in [0.2, 0.25) is 0 Å². The number of para-hydroxylation sites is 1. The predicted molar refractivity (Wildman–Crippen MR) is 105 cm³/mol. The lowest BCUT2D eigenvalue weighted by atomic mass is 10.0. The molecule has 1 fully saturated rings. The molecule has 0 unspecified atom stereocenters. The van der Waals surface area contributed by atoms with Crippen molar-refractivity contribution in [3.8, 4) is 5.75 Å². The lowest BCUT2D eigenvalue weighted by molar-refractivity contribution is -0.122. The van der Waals surface area contributed by atoms with Gasteiger partial charge >= 0.3 is 12.0 Å². The number of barbiturate groups is 1. The van der Waals surface area contributed by atoms with Gasteiger partial charge in [0.05, 0.1) is 17.3 Å². The monoisotopic (exact) mass is 414 g/mol. The standard InChI is InChI=1S/C20H15ClN2O6/c1-2-29-16-8-7-11(9-12(16)19(26)27)10-13-17(24)22-20(28)23(18(13)25)15-6-4-3-5-14(15)21/h3-10H,2H2,1H3,(H,26,27)(H,22,24,28)/b13-10+. The number of halogens is 1. The number of carbonyl (C=O) groups excluding carboxylic acids is 3. The number of imide groups is 2. The van der Waals surface area contributed by atoms with E-state index in [1.54, 1.807) is 19.1 Å². The number of hydrogen-bond acceptors (Lipinski definition) is 5. The highest BCUT2D eigenvalue weighted by molar-refractivity contribution is 6.42. The van der Waals surface area contributed by atoms with Crippen LogP contribution >= 0.6 is 11.6 Å². The molecule has 3 rings (SSSR count). The summed E-state index contributed by atoms with van der Waals surface area (Å²) in [5.74, 6) is -2.83. The van der Waals surface area contributed by atoms with Crippen molar-refractivity contribution in [2.45, 2.75) is 6.92 Å². The summed E-state index contributed by atoms with van der Waals surface area (Å²) >= 11 is 6.08. The van der Waals surface area contributed by atoms with Crippen LogP contribution in [0.5, 0.6) is 5.75 Å². The Hall–Kier alpha value is -3.65. The molecule has 1 saturated heterocycles. The smallest absolute Gasteiger partial charge is 0.339 e. The van der Waals surface area contributed by atoms with Crippen LogP contribution in [0.25, 0.3) is 6.08 Å². The largest absolute Gasteiger partial charge is 0.493 e. The minimum atomic E-state index is -1.22. The second-order valence-electron chi connectivity index (χ2n) is 5.90. The minimum Gasteiger partial charge on any atom is -0.493 e. The van der Waals surface area contributed by atoms with Crippen LogP contribution in [0.15, 0.2) is 48.0 Å². The van der Waals surface area contributed by atoms with Gasteiger partial charge in [-0.1, -0.05) is 29.8 Å². The summed E-state index contributed by atoms with van der Waals surface area (Å²) in [6.45, 7) is 1.99. The zero-order chi connectivity index (χ0) is 21.1. The molecule has 4 amide bonds. The fourth-order valence-corrected chi connectivity index (χ4v) is 2.98. The van der Waals surface area contributed by atoms with Crippen LogP contribution in [-0.2, 0) is 9.59 Å². The molecule has 148 valence electrons. The van der Waals surface area contributed by atoms with Crippen molar-refractivity contribution in [3.05, 3.63) is 64.2 Å². The number of carbonyl (C=O) groups is 4. The molecule has 2 aromatic carbocycles. The van der Waals surface area contributed by atoms with E-state index >= 15 is 0 Å². The number of carboxylic acids is 1. The molecule has 0 spiro atoms. The Labute approximate surface area is 170 Å². The highest BCUT2D eigenvalue weighted by Gasteiger charge is 2.37. The van der Waals surface area contributed by atoms with Gasteiger partial charge in [0.15, 0.2) is 0 Å². The molecule has 0 saturated carbocycles. The lowest BCUT2D eigenvalue weighted by Crippen LogP contribution is -2.54. The topological polar surface area (TPSA) is 113 Å². The van der Waals surface area contributed by atoms with Gasteiger partial charge in [-0.15, -0.1) is 0 Å². The Morgan fingerprint density at radius 1 is 1.21 bits per heavy atom. The molecule has 29 heavy (non-hydrogen) atoms. The first-order valence-electron chi connectivity index (χ1n) is 8.49. The van der Waals surface area contributed by atoms with Gasteiger partial charge in [-0.05, 0) is 42.8 Å². The second kappa shape index (κ2) is 8.15. The zero-order valence-electron chi connectivity index (χ0n) is 15.1. The maximum Gasteiger partial charge on any atom is 0.339 e. The van der Waals surface area contributed by atoms with Crippen molar-refractivity contribution >= 4 is 47.2 Å². The van der Waals surface area contributed by atoms with Gasteiger partial charge in [-0.25, -0.2) is 14.5 Å². The van der Waals surface area contributed by atoms with E-state index in [9.17, 15) is 24.3 Å². The normalized spacial score (nSPS) is 15.4. The van der Waals surface area contributed by atoms with Crippen LogP contribution < -0.4 is 15.0 Å². The van der Waals surface area contributed by atoms with Crippen LogP contribution in [0.1, 0.15) is 22.8 Å². The maximum atomic E-state index is 12.9. The average molecular weight is 415 g/mol. The zero-order valence-corrected chi connectivity index (χ0v) is 15.9. The number of urea groups is 1. The SMILES string of the molecule is CCOc1ccc(/C=C2\C(=O)NC(=O)N(c3ccccc3Cl)C2=O)cc1C(=O)O. The third kappa shape index (κ3) is 3.97. The number of ether oxygens (including phenoxy) is 1. The summed E-state index contributed by atoms with van der Waals surface area (Å²) in [5.41, 5.74) is -0.0697. The van der Waals surface area contributed by atoms with Crippen LogP contribution in [-0.4, -0.2) is 35.5 Å². The number of hydrogen-bond donors (Lipinski definition) is 2. The van der Waals surface area contributed by atoms with E-state index in [-0.39, 0.29) is 39.8 Å². The van der Waals surface area contributed by atoms with Crippen molar-refractivity contribution in [2.75, 3.05) is 11.5 Å². The van der Waals surface area contributed by atoms with E-state index in [0.29, 0.717) is 0 Å². The number of amides is 4. The van der Waals surface area contributed by atoms with Gasteiger partial charge in [0, 0.05) is 0 Å². The summed E-state index contributed by atoms with van der Waals surface area (Å²) < 4.78 is 5.27. The Morgan fingerprint density at radius 2 is 1.93 bits per heavy atom. The predicted octanol–water partition coefficient (Wildman–Crippen LogP) is 3.10. The fraction of sp³-hybridized carbons (Fsp3) is 0.100. The van der Waals surface area contributed by atoms with Gasteiger partial charge in [-0.3, -0.25) is 14.9 Å². The molecule has 0 atom stereocenters. The Morgan fingerprint density at radius 3 is 2.59 bits per heavy atom. The van der Waals surface area contributed by atoms with Gasteiger partial charge in [-0.2, -0.15) is 0 Å². The van der Waals surface area contributed by atoms with E-state index < -0.39 is 23.8 Å². The van der Waals surface area contributed by atoms with E-state index in [1.165, 1.54) is 36.4 Å². The van der Waals surface area contributed by atoms with Crippen molar-refractivity contribution in [1.82, 2.24) is 5.32 Å². The third-order valence-corrected chi connectivity index (χ3v) is 4.36. The number of aromatic carboxylic acids is 1. The summed E-state index contributed by atoms with van der Waals surface area (Å²) in [4.78, 5) is 49.6. The van der Waals surface area contributed by atoms with E-state index in [0.717, 1.165) is 4.90 Å². The second-order valence-corrected chi connectivity index (χ2v) is 6.31. The van der Waals surface area contributed by atoms with Crippen molar-refractivity contribution in [2.24, 2.45) is 0 Å². The molecule has 0 bridgehead atoms. The highest BCUT2D eigenvalue weighted by Crippen LogP contribution is 2.29. The summed E-state index contributed by atoms with van der Waals surface area (Å²) in [7, 11) is 0. The molecule has 2 N–H and O–H groups in total. The van der Waals surface area contributed by atoms with Crippen LogP contribution in [0.3, 0.4) is 0 Å². The first kappa shape index (κ1) is 20.1. The number of nitrogens with zero attached hydrogens (tertiary/aromatic N) is 1. The fourth-order valence-electron chi connectivity index (χ4n) is 2.76. The summed E-state index contributed by atoms with van der Waals surface area (Å²) in [5, 5.41) is 11.6. The van der Waals surface area contributed by atoms with Gasteiger partial charge in [0.1, 0.15) is 16.9 Å². The summed E-state index contributed by atoms with van der Waals surface area (Å²) in [6, 6.07) is 9.47. The molecule has 0 radical (unpaired) electrons. The van der Waals surface area contributed by atoms with Crippen LogP contribution in [0.4, 0.5) is 10.5 Å². The van der Waals surface area contributed by atoms with Crippen molar-refractivity contribution in [3.63, 3.8) is 0 Å². The number of nitrogens with one attached hydrogen (secondary N) is 1. The molecule has 1 aliphatic heterocycles. The molecular formula is C20H15ClN2O6. The Bertz CT molecular complexity index is 1060. The van der Waals surface area contributed by atoms with Crippen molar-refractivity contribution < 1.29 is 29.0 Å². The first-order chi connectivity index (χ1) is 13.8. The number of carboxylic acid groups (broad SMARTS) is 1. The molecule has 8 nitrogen and oxygen atoms in total. The third-order valence-electron chi connectivity index (χ3n) is 4.04. The van der Waals surface area contributed by atoms with Crippen molar-refractivity contribution in [1.29, 1.82) is 0 Å². The summed E-state index contributed by atoms with van der Waals surface area (Å²) in [6.07, 6.45) is 1.20. The van der Waals surface area contributed by atoms with E-state index in [4.69, 9.17) is 16.3 Å². The molecule has 2 aromatic rings.